The van der Waals surface area contributed by atoms with Gasteiger partial charge in [0.05, 0.1) is 7.11 Å². The fraction of sp³-hybridized carbons (Fsp3) is 0.143. The first-order chi connectivity index (χ1) is 9.92. The van der Waals surface area contributed by atoms with Crippen LogP contribution >= 0.6 is 11.6 Å². The predicted molar refractivity (Wildman–Crippen MR) is 73.3 cm³/mol. The van der Waals surface area contributed by atoms with E-state index in [1.54, 1.807) is 0 Å². The van der Waals surface area contributed by atoms with Gasteiger partial charge in [-0.15, -0.1) is 0 Å². The molecule has 0 aliphatic heterocycles. The minimum atomic E-state index is -1.07. The van der Waals surface area contributed by atoms with E-state index < -0.39 is 23.1 Å². The van der Waals surface area contributed by atoms with Crippen LogP contribution in [0.4, 0.5) is 18.9 Å². The van der Waals surface area contributed by atoms with Crippen LogP contribution in [0.3, 0.4) is 0 Å². The zero-order chi connectivity index (χ0) is 15.6. The molecular formula is C14H11ClF3NO2. The van der Waals surface area contributed by atoms with E-state index in [4.69, 9.17) is 16.3 Å². The Bertz CT molecular complexity index is 657. The molecule has 112 valence electrons. The first-order valence-corrected chi connectivity index (χ1v) is 6.24. The molecule has 0 aromatic heterocycles. The Kier molecular flexibility index (Phi) is 4.47. The third kappa shape index (κ3) is 3.33. The number of aromatic hydroxyl groups is 1. The van der Waals surface area contributed by atoms with Gasteiger partial charge in [-0.1, -0.05) is 11.6 Å². The van der Waals surface area contributed by atoms with Crippen LogP contribution < -0.4 is 10.1 Å². The second kappa shape index (κ2) is 6.13. The number of methoxy groups -OCH3 is 1. The molecular weight excluding hydrogens is 307 g/mol. The molecule has 0 radical (unpaired) electrons. The van der Waals surface area contributed by atoms with E-state index in [1.807, 2.05) is 0 Å². The maximum atomic E-state index is 13.5. The number of hydrogen-bond donors (Lipinski definition) is 2. The SMILES string of the molecule is COc1cc(Cl)cc(CNc2c(F)cc(F)cc2F)c1O. The van der Waals surface area contributed by atoms with Crippen molar-refractivity contribution in [3.05, 3.63) is 52.3 Å². The Labute approximate surface area is 123 Å². The molecule has 0 aliphatic carbocycles. The van der Waals surface area contributed by atoms with Crippen molar-refractivity contribution >= 4 is 17.3 Å². The summed E-state index contributed by atoms with van der Waals surface area (Å²) < 4.78 is 44.7. The summed E-state index contributed by atoms with van der Waals surface area (Å²) >= 11 is 5.85. The van der Waals surface area contributed by atoms with Crippen LogP contribution in [0, 0.1) is 17.5 Å². The molecule has 0 heterocycles. The first-order valence-electron chi connectivity index (χ1n) is 5.86. The lowest BCUT2D eigenvalue weighted by atomic mass is 10.1. The fourth-order valence-corrected chi connectivity index (χ4v) is 2.04. The Morgan fingerprint density at radius 3 is 2.33 bits per heavy atom. The maximum absolute atomic E-state index is 13.5. The van der Waals surface area contributed by atoms with E-state index in [9.17, 15) is 18.3 Å². The van der Waals surface area contributed by atoms with Gasteiger partial charge in [-0.2, -0.15) is 0 Å². The molecule has 2 aromatic carbocycles. The number of hydrogen-bond acceptors (Lipinski definition) is 3. The molecule has 0 saturated carbocycles. The van der Waals surface area contributed by atoms with Gasteiger partial charge in [0.25, 0.3) is 0 Å². The van der Waals surface area contributed by atoms with Crippen molar-refractivity contribution in [1.29, 1.82) is 0 Å². The molecule has 0 saturated heterocycles. The number of ether oxygens (including phenoxy) is 1. The fourth-order valence-electron chi connectivity index (χ4n) is 1.81. The van der Waals surface area contributed by atoms with Gasteiger partial charge < -0.3 is 15.2 Å². The predicted octanol–water partition coefficient (Wildman–Crippen LogP) is 4.08. The van der Waals surface area contributed by atoms with E-state index in [2.05, 4.69) is 5.32 Å². The highest BCUT2D eigenvalue weighted by molar-refractivity contribution is 6.30. The molecule has 0 unspecified atom stereocenters. The van der Waals surface area contributed by atoms with Crippen molar-refractivity contribution in [2.24, 2.45) is 0 Å². The lowest BCUT2D eigenvalue weighted by Gasteiger charge is -2.12. The molecule has 0 amide bonds. The number of phenols is 1. The normalized spacial score (nSPS) is 10.5. The van der Waals surface area contributed by atoms with Gasteiger partial charge in [0.15, 0.2) is 23.1 Å². The molecule has 2 aromatic rings. The van der Waals surface area contributed by atoms with Crippen molar-refractivity contribution < 1.29 is 23.0 Å². The second-order valence-corrected chi connectivity index (χ2v) is 4.65. The van der Waals surface area contributed by atoms with Crippen LogP contribution in [0.5, 0.6) is 11.5 Å². The van der Waals surface area contributed by atoms with E-state index >= 15 is 0 Å². The van der Waals surface area contributed by atoms with Crippen molar-refractivity contribution in [1.82, 2.24) is 0 Å². The summed E-state index contributed by atoms with van der Waals surface area (Å²) in [5.74, 6) is -3.21. The first kappa shape index (κ1) is 15.3. The van der Waals surface area contributed by atoms with Gasteiger partial charge in [-0.25, -0.2) is 13.2 Å². The number of nitrogens with one attached hydrogen (secondary N) is 1. The number of rotatable bonds is 4. The largest absolute Gasteiger partial charge is 0.504 e. The molecule has 2 rings (SSSR count). The molecule has 2 N–H and O–H groups in total. The van der Waals surface area contributed by atoms with Crippen LogP contribution in [0.1, 0.15) is 5.56 Å². The van der Waals surface area contributed by atoms with E-state index in [0.29, 0.717) is 17.2 Å². The molecule has 0 atom stereocenters. The molecule has 0 aliphatic rings. The minimum Gasteiger partial charge on any atom is -0.504 e. The van der Waals surface area contributed by atoms with Gasteiger partial charge in [0, 0.05) is 35.3 Å². The molecule has 0 spiro atoms. The summed E-state index contributed by atoms with van der Waals surface area (Å²) in [5, 5.41) is 12.6. The lowest BCUT2D eigenvalue weighted by molar-refractivity contribution is 0.371. The van der Waals surface area contributed by atoms with Crippen molar-refractivity contribution in [3.63, 3.8) is 0 Å². The average molecular weight is 318 g/mol. The van der Waals surface area contributed by atoms with Gasteiger partial charge in [-0.3, -0.25) is 0 Å². The molecule has 3 nitrogen and oxygen atoms in total. The number of phenolic OH excluding ortho intramolecular Hbond substituents is 1. The van der Waals surface area contributed by atoms with Gasteiger partial charge in [0.1, 0.15) is 11.5 Å². The van der Waals surface area contributed by atoms with Crippen LogP contribution in [-0.2, 0) is 6.54 Å². The summed E-state index contributed by atoms with van der Waals surface area (Å²) in [4.78, 5) is 0. The Balaban J connectivity index is 2.27. The van der Waals surface area contributed by atoms with E-state index in [-0.39, 0.29) is 23.6 Å². The summed E-state index contributed by atoms with van der Waals surface area (Å²) in [6.45, 7) is -0.123. The zero-order valence-corrected chi connectivity index (χ0v) is 11.6. The summed E-state index contributed by atoms with van der Waals surface area (Å²) in [7, 11) is 1.35. The number of anilines is 1. The third-order valence-corrected chi connectivity index (χ3v) is 3.02. The second-order valence-electron chi connectivity index (χ2n) is 4.21. The smallest absolute Gasteiger partial charge is 0.162 e. The quantitative estimate of drug-likeness (QED) is 0.892. The lowest BCUT2D eigenvalue weighted by Crippen LogP contribution is -2.05. The third-order valence-electron chi connectivity index (χ3n) is 2.80. The van der Waals surface area contributed by atoms with Gasteiger partial charge in [0.2, 0.25) is 0 Å². The summed E-state index contributed by atoms with van der Waals surface area (Å²) in [6.07, 6.45) is 0. The standard InChI is InChI=1S/C14H11ClF3NO2/c1-21-12-3-8(15)2-7(14(12)20)6-19-13-10(17)4-9(16)5-11(13)18/h2-5,19-20H,6H2,1H3. The van der Waals surface area contributed by atoms with E-state index in [1.165, 1.54) is 19.2 Å². The highest BCUT2D eigenvalue weighted by Gasteiger charge is 2.14. The maximum Gasteiger partial charge on any atom is 0.162 e. The van der Waals surface area contributed by atoms with E-state index in [0.717, 1.165) is 0 Å². The summed E-state index contributed by atoms with van der Waals surface area (Å²) in [5.41, 5.74) is -0.211. The molecule has 0 fully saturated rings. The number of halogens is 4. The van der Waals surface area contributed by atoms with Crippen LogP contribution in [0.25, 0.3) is 0 Å². The minimum absolute atomic E-state index is 0.123. The number of benzene rings is 2. The Hall–Kier alpha value is -2.08. The topological polar surface area (TPSA) is 41.5 Å². The van der Waals surface area contributed by atoms with Crippen LogP contribution in [-0.4, -0.2) is 12.2 Å². The van der Waals surface area contributed by atoms with Crippen LogP contribution in [0.15, 0.2) is 24.3 Å². The highest BCUT2D eigenvalue weighted by atomic mass is 35.5. The molecule has 21 heavy (non-hydrogen) atoms. The highest BCUT2D eigenvalue weighted by Crippen LogP contribution is 2.34. The Morgan fingerprint density at radius 1 is 1.14 bits per heavy atom. The van der Waals surface area contributed by atoms with Gasteiger partial charge >= 0.3 is 0 Å². The van der Waals surface area contributed by atoms with Crippen molar-refractivity contribution in [2.45, 2.75) is 6.54 Å². The molecule has 0 bridgehead atoms. The summed E-state index contributed by atoms with van der Waals surface area (Å²) in [6, 6.07) is 3.94. The monoisotopic (exact) mass is 317 g/mol. The zero-order valence-electron chi connectivity index (χ0n) is 10.9. The van der Waals surface area contributed by atoms with Crippen molar-refractivity contribution in [2.75, 3.05) is 12.4 Å². The van der Waals surface area contributed by atoms with Crippen molar-refractivity contribution in [3.8, 4) is 11.5 Å². The molecule has 7 heteroatoms. The Morgan fingerprint density at radius 2 is 1.76 bits per heavy atom. The van der Waals surface area contributed by atoms with Crippen LogP contribution in [0.2, 0.25) is 5.02 Å². The van der Waals surface area contributed by atoms with Gasteiger partial charge in [-0.05, 0) is 6.07 Å². The average Bonchev–Trinajstić information content (AvgIpc) is 2.40.